The Hall–Kier alpha value is 0.330. The number of rotatable bonds is 9. The quantitative estimate of drug-likeness (QED) is 0.337. The number of aliphatic hydroxyl groups is 1. The Morgan fingerprint density at radius 2 is 1.50 bits per heavy atom. The zero-order chi connectivity index (χ0) is 22.0. The van der Waals surface area contributed by atoms with Crippen LogP contribution < -0.4 is 0 Å². The summed E-state index contributed by atoms with van der Waals surface area (Å²) in [4.78, 5) is -1.17. The molecule has 0 saturated carbocycles. The SMILES string of the molecule is CC(Cl)(Cl)CC(Cl)S(=O)(=O)OCC(O)(CC(Cl)Cl)c1ccc(C(F)(F)F)cc1. The van der Waals surface area contributed by atoms with Crippen molar-refractivity contribution in [1.82, 2.24) is 0 Å². The molecule has 0 fully saturated rings. The van der Waals surface area contributed by atoms with Gasteiger partial charge in [-0.15, -0.1) is 58.0 Å². The second-order valence-corrected chi connectivity index (χ2v) is 11.9. The Labute approximate surface area is 185 Å². The predicted molar refractivity (Wildman–Crippen MR) is 105 cm³/mol. The van der Waals surface area contributed by atoms with Crippen LogP contribution in [0.25, 0.3) is 0 Å². The summed E-state index contributed by atoms with van der Waals surface area (Å²) in [7, 11) is -4.43. The molecule has 1 aromatic carbocycles. The molecule has 162 valence electrons. The van der Waals surface area contributed by atoms with E-state index in [1.165, 1.54) is 6.92 Å². The van der Waals surface area contributed by atoms with Gasteiger partial charge in [0.05, 0.1) is 12.2 Å². The fourth-order valence-corrected chi connectivity index (χ4v) is 4.79. The van der Waals surface area contributed by atoms with E-state index >= 15 is 0 Å². The number of benzene rings is 1. The average molecular weight is 527 g/mol. The standard InChI is InChI=1S/C15H16Cl5F3O4S/c1-13(19,20)7-12(18)28(25,26)27-8-14(24,6-11(16)17)9-2-4-10(5-3-9)15(21,22)23/h2-5,11-12,24H,6-8H2,1H3. The monoisotopic (exact) mass is 524 g/mol. The van der Waals surface area contributed by atoms with Crippen LogP contribution in [0.2, 0.25) is 0 Å². The number of hydrogen-bond donors (Lipinski definition) is 1. The highest BCUT2D eigenvalue weighted by Gasteiger charge is 2.38. The third-order valence-electron chi connectivity index (χ3n) is 3.54. The lowest BCUT2D eigenvalue weighted by Gasteiger charge is -2.29. The van der Waals surface area contributed by atoms with Crippen molar-refractivity contribution in [3.8, 4) is 0 Å². The van der Waals surface area contributed by atoms with Gasteiger partial charge in [0.2, 0.25) is 0 Å². The summed E-state index contributed by atoms with van der Waals surface area (Å²) >= 11 is 28.6. The topological polar surface area (TPSA) is 63.6 Å². The van der Waals surface area contributed by atoms with E-state index < -0.39 is 54.4 Å². The summed E-state index contributed by atoms with van der Waals surface area (Å²) in [6, 6.07) is 3.40. The summed E-state index contributed by atoms with van der Waals surface area (Å²) in [5.74, 6) is 0. The van der Waals surface area contributed by atoms with Crippen LogP contribution in [0.15, 0.2) is 24.3 Å². The molecule has 0 saturated heterocycles. The lowest BCUT2D eigenvalue weighted by Crippen LogP contribution is -2.36. The first kappa shape index (κ1) is 26.4. The van der Waals surface area contributed by atoms with Crippen molar-refractivity contribution in [2.75, 3.05) is 6.61 Å². The molecule has 1 N–H and O–H groups in total. The molecule has 1 rings (SSSR count). The van der Waals surface area contributed by atoms with E-state index in [0.717, 1.165) is 24.3 Å². The summed E-state index contributed by atoms with van der Waals surface area (Å²) in [5.41, 5.74) is -3.13. The molecule has 0 aliphatic rings. The van der Waals surface area contributed by atoms with Crippen LogP contribution in [0.5, 0.6) is 0 Å². The first-order valence-corrected chi connectivity index (χ1v) is 11.1. The Morgan fingerprint density at radius 3 is 1.89 bits per heavy atom. The maximum absolute atomic E-state index is 12.7. The molecule has 28 heavy (non-hydrogen) atoms. The fraction of sp³-hybridized carbons (Fsp3) is 0.600. The largest absolute Gasteiger partial charge is 0.416 e. The Morgan fingerprint density at radius 1 is 1.04 bits per heavy atom. The Bertz CT molecular complexity index is 750. The van der Waals surface area contributed by atoms with Gasteiger partial charge in [0.1, 0.15) is 14.8 Å². The molecule has 0 bridgehead atoms. The molecule has 1 aromatic rings. The molecule has 0 amide bonds. The van der Waals surface area contributed by atoms with Gasteiger partial charge in [0.15, 0.2) is 4.71 Å². The summed E-state index contributed by atoms with van der Waals surface area (Å²) in [6.07, 6.45) is -5.39. The number of hydrogen-bond acceptors (Lipinski definition) is 4. The molecule has 0 heterocycles. The predicted octanol–water partition coefficient (Wildman–Crippen LogP) is 5.58. The van der Waals surface area contributed by atoms with Gasteiger partial charge in [0.25, 0.3) is 10.1 Å². The van der Waals surface area contributed by atoms with Crippen molar-refractivity contribution >= 4 is 68.1 Å². The van der Waals surface area contributed by atoms with Crippen molar-refractivity contribution in [3.05, 3.63) is 35.4 Å². The van der Waals surface area contributed by atoms with Gasteiger partial charge in [-0.25, -0.2) is 0 Å². The van der Waals surface area contributed by atoms with Crippen LogP contribution in [-0.4, -0.2) is 34.0 Å². The first-order chi connectivity index (χ1) is 12.5. The Balaban J connectivity index is 3.08. The van der Waals surface area contributed by atoms with E-state index in [0.29, 0.717) is 0 Å². The highest BCUT2D eigenvalue weighted by molar-refractivity contribution is 7.88. The molecule has 0 spiro atoms. The van der Waals surface area contributed by atoms with Gasteiger partial charge in [-0.1, -0.05) is 12.1 Å². The molecular weight excluding hydrogens is 510 g/mol. The van der Waals surface area contributed by atoms with Crippen LogP contribution >= 0.6 is 58.0 Å². The third kappa shape index (κ3) is 8.22. The van der Waals surface area contributed by atoms with Gasteiger partial charge in [-0.05, 0) is 24.6 Å². The molecule has 2 atom stereocenters. The molecule has 13 heteroatoms. The third-order valence-corrected chi connectivity index (χ3v) is 6.20. The minimum absolute atomic E-state index is 0.0763. The first-order valence-electron chi connectivity index (χ1n) is 7.55. The van der Waals surface area contributed by atoms with E-state index in [1.54, 1.807) is 0 Å². The minimum Gasteiger partial charge on any atom is -0.383 e. The van der Waals surface area contributed by atoms with Gasteiger partial charge < -0.3 is 5.11 Å². The maximum atomic E-state index is 12.7. The van der Waals surface area contributed by atoms with Crippen LogP contribution in [-0.2, 0) is 26.1 Å². The maximum Gasteiger partial charge on any atom is 0.416 e. The Kier molecular flexibility index (Phi) is 9.08. The summed E-state index contributed by atoms with van der Waals surface area (Å²) in [5, 5.41) is 10.8. The number of halogens is 8. The smallest absolute Gasteiger partial charge is 0.383 e. The van der Waals surface area contributed by atoms with Crippen LogP contribution in [0, 0.1) is 0 Å². The average Bonchev–Trinajstić information content (AvgIpc) is 2.50. The van der Waals surface area contributed by atoms with E-state index in [2.05, 4.69) is 0 Å². The highest BCUT2D eigenvalue weighted by Crippen LogP contribution is 2.35. The molecule has 4 nitrogen and oxygen atoms in total. The van der Waals surface area contributed by atoms with E-state index in [-0.39, 0.29) is 12.0 Å². The van der Waals surface area contributed by atoms with Crippen molar-refractivity contribution < 1.29 is 30.9 Å². The van der Waals surface area contributed by atoms with Gasteiger partial charge in [0, 0.05) is 12.8 Å². The summed E-state index contributed by atoms with van der Waals surface area (Å²) in [6.45, 7) is 0.437. The number of alkyl halides is 8. The van der Waals surface area contributed by atoms with Crippen LogP contribution in [0.3, 0.4) is 0 Å². The van der Waals surface area contributed by atoms with Gasteiger partial charge >= 0.3 is 6.18 Å². The lowest BCUT2D eigenvalue weighted by atomic mass is 9.91. The lowest BCUT2D eigenvalue weighted by molar-refractivity contribution is -0.137. The van der Waals surface area contributed by atoms with Gasteiger partial charge in [-0.3, -0.25) is 4.18 Å². The molecule has 2 unspecified atom stereocenters. The van der Waals surface area contributed by atoms with Crippen molar-refractivity contribution in [2.45, 2.75) is 45.4 Å². The van der Waals surface area contributed by atoms with Crippen molar-refractivity contribution in [1.29, 1.82) is 0 Å². The normalized spacial score (nSPS) is 16.8. The van der Waals surface area contributed by atoms with E-state index in [4.69, 9.17) is 62.2 Å². The second kappa shape index (κ2) is 9.64. The summed E-state index contributed by atoms with van der Waals surface area (Å²) < 4.78 is 64.2. The second-order valence-electron chi connectivity index (χ2n) is 6.14. The van der Waals surface area contributed by atoms with Crippen LogP contribution in [0.4, 0.5) is 13.2 Å². The zero-order valence-electron chi connectivity index (χ0n) is 14.2. The molecule has 0 radical (unpaired) electrons. The fourth-order valence-electron chi connectivity index (χ4n) is 2.12. The van der Waals surface area contributed by atoms with E-state index in [1.807, 2.05) is 0 Å². The molecule has 0 aliphatic carbocycles. The van der Waals surface area contributed by atoms with E-state index in [9.17, 15) is 26.7 Å². The minimum atomic E-state index is -4.58. The molecular formula is C15H16Cl5F3O4S. The van der Waals surface area contributed by atoms with Gasteiger partial charge in [-0.2, -0.15) is 21.6 Å². The van der Waals surface area contributed by atoms with Crippen LogP contribution in [0.1, 0.15) is 30.9 Å². The highest BCUT2D eigenvalue weighted by atomic mass is 35.5. The molecule has 0 aromatic heterocycles. The zero-order valence-corrected chi connectivity index (χ0v) is 18.8. The van der Waals surface area contributed by atoms with Crippen molar-refractivity contribution in [3.63, 3.8) is 0 Å². The molecule has 0 aliphatic heterocycles. The van der Waals surface area contributed by atoms with Crippen molar-refractivity contribution in [2.24, 2.45) is 0 Å².